The molecule has 6 nitrogen and oxygen atoms in total. The van der Waals surface area contributed by atoms with E-state index in [1.807, 2.05) is 31.2 Å². The van der Waals surface area contributed by atoms with Gasteiger partial charge in [0.25, 0.3) is 5.91 Å². The average Bonchev–Trinajstić information content (AvgIpc) is 2.96. The Hall–Kier alpha value is -2.41. The lowest BCUT2D eigenvalue weighted by Gasteiger charge is -2.23. The summed E-state index contributed by atoms with van der Waals surface area (Å²) in [5, 5.41) is 3.22. The Balaban J connectivity index is 1.74. The molecule has 7 heteroatoms. The van der Waals surface area contributed by atoms with Crippen molar-refractivity contribution in [2.24, 2.45) is 0 Å². The molecule has 0 spiro atoms. The molecule has 2 heterocycles. The molecule has 1 amide bonds. The van der Waals surface area contributed by atoms with Crippen molar-refractivity contribution in [1.82, 2.24) is 9.88 Å². The molecule has 1 aliphatic rings. The van der Waals surface area contributed by atoms with Crippen molar-refractivity contribution < 1.29 is 13.2 Å². The van der Waals surface area contributed by atoms with Crippen LogP contribution in [-0.4, -0.2) is 48.8 Å². The van der Waals surface area contributed by atoms with Crippen molar-refractivity contribution in [2.45, 2.75) is 19.4 Å². The number of anilines is 2. The number of hydrogen-bond donors (Lipinski definition) is 1. The Morgan fingerprint density at radius 3 is 2.56 bits per heavy atom. The van der Waals surface area contributed by atoms with Gasteiger partial charge in [-0.05, 0) is 31.5 Å². The van der Waals surface area contributed by atoms with Crippen LogP contribution in [0, 0.1) is 6.92 Å². The lowest BCUT2D eigenvalue weighted by Crippen LogP contribution is -2.37. The highest BCUT2D eigenvalue weighted by atomic mass is 32.2. The van der Waals surface area contributed by atoms with Crippen molar-refractivity contribution in [1.29, 1.82) is 0 Å². The molecule has 0 saturated carbocycles. The van der Waals surface area contributed by atoms with E-state index in [-0.39, 0.29) is 23.5 Å². The van der Waals surface area contributed by atoms with Crippen LogP contribution in [-0.2, 0) is 9.84 Å². The fourth-order valence-corrected chi connectivity index (χ4v) is 4.65. The van der Waals surface area contributed by atoms with Crippen LogP contribution in [0.3, 0.4) is 0 Å². The first-order valence-electron chi connectivity index (χ1n) is 8.10. The molecule has 1 fully saturated rings. The largest absolute Gasteiger partial charge is 0.354 e. The lowest BCUT2D eigenvalue weighted by atomic mass is 10.1. The number of nitrogens with zero attached hydrogens (tertiary/aromatic N) is 2. The third kappa shape index (κ3) is 4.17. The minimum Gasteiger partial charge on any atom is -0.354 e. The van der Waals surface area contributed by atoms with Gasteiger partial charge in [-0.2, -0.15) is 0 Å². The zero-order valence-electron chi connectivity index (χ0n) is 14.3. The molecule has 0 bridgehead atoms. The first-order chi connectivity index (χ1) is 11.8. The van der Waals surface area contributed by atoms with Gasteiger partial charge in [0, 0.05) is 25.0 Å². The highest BCUT2D eigenvalue weighted by Gasteiger charge is 2.33. The molecule has 0 aliphatic carbocycles. The van der Waals surface area contributed by atoms with E-state index in [2.05, 4.69) is 10.3 Å². The number of rotatable bonds is 4. The molecule has 1 saturated heterocycles. The predicted molar refractivity (Wildman–Crippen MR) is 97.9 cm³/mol. The van der Waals surface area contributed by atoms with Crippen molar-refractivity contribution in [2.75, 3.05) is 23.9 Å². The van der Waals surface area contributed by atoms with Crippen molar-refractivity contribution in [3.8, 4) is 0 Å². The van der Waals surface area contributed by atoms with Crippen LogP contribution in [0.15, 0.2) is 42.7 Å². The van der Waals surface area contributed by atoms with Crippen LogP contribution in [0.1, 0.15) is 22.3 Å². The molecule has 2 aromatic rings. The minimum absolute atomic E-state index is 0.0317. The summed E-state index contributed by atoms with van der Waals surface area (Å²) in [6.45, 7) is 2.02. The van der Waals surface area contributed by atoms with E-state index < -0.39 is 9.84 Å². The molecule has 1 aromatic carbocycles. The summed E-state index contributed by atoms with van der Waals surface area (Å²) in [5.74, 6) is -0.0471. The molecular formula is C18H21N3O3S. The molecule has 3 rings (SSSR count). The molecule has 0 radical (unpaired) electrons. The number of sulfone groups is 1. The number of aromatic nitrogens is 1. The predicted octanol–water partition coefficient (Wildman–Crippen LogP) is 2.39. The first-order valence-corrected chi connectivity index (χ1v) is 9.92. The highest BCUT2D eigenvalue weighted by molar-refractivity contribution is 7.91. The zero-order valence-corrected chi connectivity index (χ0v) is 15.1. The summed E-state index contributed by atoms with van der Waals surface area (Å²) < 4.78 is 23.3. The second kappa shape index (κ2) is 6.84. The zero-order chi connectivity index (χ0) is 18.0. The Labute approximate surface area is 147 Å². The fraction of sp³-hybridized carbons (Fsp3) is 0.333. The first kappa shape index (κ1) is 17.4. The van der Waals surface area contributed by atoms with E-state index in [4.69, 9.17) is 0 Å². The van der Waals surface area contributed by atoms with E-state index >= 15 is 0 Å². The van der Waals surface area contributed by atoms with Crippen LogP contribution in [0.5, 0.6) is 0 Å². The molecule has 132 valence electrons. The van der Waals surface area contributed by atoms with Crippen molar-refractivity contribution in [3.05, 3.63) is 53.9 Å². The summed E-state index contributed by atoms with van der Waals surface area (Å²) in [6, 6.07) is 9.37. The number of amides is 1. The van der Waals surface area contributed by atoms with Gasteiger partial charge in [0.2, 0.25) is 0 Å². The smallest absolute Gasteiger partial charge is 0.255 e. The van der Waals surface area contributed by atoms with Gasteiger partial charge in [-0.25, -0.2) is 8.42 Å². The van der Waals surface area contributed by atoms with Gasteiger partial charge >= 0.3 is 0 Å². The number of aryl methyl sites for hydroxylation is 1. The number of pyridine rings is 1. The van der Waals surface area contributed by atoms with Crippen LogP contribution in [0.4, 0.5) is 11.4 Å². The number of benzene rings is 1. The Bertz CT molecular complexity index is 879. The monoisotopic (exact) mass is 359 g/mol. The molecule has 1 aromatic heterocycles. The molecule has 1 aliphatic heterocycles. The number of hydrogen-bond acceptors (Lipinski definition) is 5. The van der Waals surface area contributed by atoms with Gasteiger partial charge in [0.05, 0.1) is 29.0 Å². The van der Waals surface area contributed by atoms with Crippen LogP contribution in [0.25, 0.3) is 0 Å². The summed E-state index contributed by atoms with van der Waals surface area (Å²) in [7, 11) is -1.38. The maximum Gasteiger partial charge on any atom is 0.255 e. The Kier molecular flexibility index (Phi) is 4.76. The van der Waals surface area contributed by atoms with Crippen molar-refractivity contribution >= 4 is 27.1 Å². The number of carbonyl (C=O) groups excluding carboxylic acids is 1. The van der Waals surface area contributed by atoms with E-state index in [1.165, 1.54) is 16.7 Å². The Morgan fingerprint density at radius 1 is 1.20 bits per heavy atom. The van der Waals surface area contributed by atoms with E-state index in [9.17, 15) is 13.2 Å². The SMILES string of the molecule is Cc1ccc(Nc2cncc(C(=O)N(C)C3CCS(=O)(=O)C3)c2)cc1. The molecule has 1 N–H and O–H groups in total. The molecular weight excluding hydrogens is 338 g/mol. The van der Waals surface area contributed by atoms with E-state index in [0.717, 1.165) is 5.69 Å². The molecule has 1 unspecified atom stereocenters. The van der Waals surface area contributed by atoms with Gasteiger partial charge in [-0.1, -0.05) is 17.7 Å². The van der Waals surface area contributed by atoms with E-state index in [1.54, 1.807) is 19.3 Å². The van der Waals surface area contributed by atoms with Gasteiger partial charge in [0.1, 0.15) is 0 Å². The summed E-state index contributed by atoms with van der Waals surface area (Å²) in [6.07, 6.45) is 3.64. The van der Waals surface area contributed by atoms with Gasteiger partial charge in [0.15, 0.2) is 9.84 Å². The second-order valence-electron chi connectivity index (χ2n) is 6.43. The third-order valence-corrected chi connectivity index (χ3v) is 6.15. The van der Waals surface area contributed by atoms with E-state index in [0.29, 0.717) is 17.7 Å². The standard InChI is InChI=1S/C18H21N3O3S/c1-13-3-5-15(6-4-13)20-16-9-14(10-19-11-16)18(22)21(2)17-7-8-25(23,24)12-17/h3-6,9-11,17,20H,7-8,12H2,1-2H3. The van der Waals surface area contributed by atoms with Gasteiger partial charge in [-0.3, -0.25) is 9.78 Å². The molecule has 1 atom stereocenters. The summed E-state index contributed by atoms with van der Waals surface area (Å²) in [4.78, 5) is 18.3. The summed E-state index contributed by atoms with van der Waals surface area (Å²) >= 11 is 0. The fourth-order valence-electron chi connectivity index (χ4n) is 2.88. The second-order valence-corrected chi connectivity index (χ2v) is 8.65. The topological polar surface area (TPSA) is 79.4 Å². The Morgan fingerprint density at radius 2 is 1.92 bits per heavy atom. The number of carbonyl (C=O) groups is 1. The highest BCUT2D eigenvalue weighted by Crippen LogP contribution is 2.21. The van der Waals surface area contributed by atoms with Crippen LogP contribution < -0.4 is 5.32 Å². The normalized spacial score (nSPS) is 18.7. The number of nitrogens with one attached hydrogen (secondary N) is 1. The summed E-state index contributed by atoms with van der Waals surface area (Å²) in [5.41, 5.74) is 3.22. The van der Waals surface area contributed by atoms with Gasteiger partial charge in [-0.15, -0.1) is 0 Å². The average molecular weight is 359 g/mol. The van der Waals surface area contributed by atoms with Crippen LogP contribution >= 0.6 is 0 Å². The maximum atomic E-state index is 12.7. The quantitative estimate of drug-likeness (QED) is 0.907. The molecule has 25 heavy (non-hydrogen) atoms. The van der Waals surface area contributed by atoms with Crippen LogP contribution in [0.2, 0.25) is 0 Å². The minimum atomic E-state index is -3.03. The van der Waals surface area contributed by atoms with Gasteiger partial charge < -0.3 is 10.2 Å². The van der Waals surface area contributed by atoms with Crippen molar-refractivity contribution in [3.63, 3.8) is 0 Å². The maximum absolute atomic E-state index is 12.7. The lowest BCUT2D eigenvalue weighted by molar-refractivity contribution is 0.0747. The third-order valence-electron chi connectivity index (χ3n) is 4.40.